The molecule has 2 aliphatic rings. The molecule has 0 saturated carbocycles. The molecule has 4 rings (SSSR count). The molecular weight excluding hydrogens is 370 g/mol. The Labute approximate surface area is 181 Å². The van der Waals surface area contributed by atoms with Crippen LogP contribution in [0.2, 0.25) is 0 Å². The summed E-state index contributed by atoms with van der Waals surface area (Å²) in [4.78, 5) is 22.6. The van der Waals surface area contributed by atoms with Gasteiger partial charge in [0.15, 0.2) is 0 Å². The average molecular weight is 406 g/mol. The number of rotatable bonds is 6. The number of hydrogen-bond acceptors (Lipinski definition) is 3. The zero-order valence-electron chi connectivity index (χ0n) is 18.3. The molecule has 1 atom stereocenters. The van der Waals surface area contributed by atoms with Crippen molar-refractivity contribution >= 4 is 5.91 Å². The largest absolute Gasteiger partial charge is 0.342 e. The number of carbonyl (C=O) groups is 1. The molecule has 0 aliphatic carbocycles. The highest BCUT2D eigenvalue weighted by Crippen LogP contribution is 2.35. The van der Waals surface area contributed by atoms with Gasteiger partial charge in [0.2, 0.25) is 5.91 Å². The molecule has 1 aromatic carbocycles. The van der Waals surface area contributed by atoms with E-state index in [0.29, 0.717) is 11.8 Å². The van der Waals surface area contributed by atoms with E-state index in [9.17, 15) is 4.79 Å². The van der Waals surface area contributed by atoms with Crippen LogP contribution in [-0.2, 0) is 17.6 Å². The molecule has 3 heterocycles. The lowest BCUT2D eigenvalue weighted by Crippen LogP contribution is -2.51. The number of likely N-dealkylation sites (tertiary alicyclic amines) is 2. The number of aromatic nitrogens is 1. The fourth-order valence-electron chi connectivity index (χ4n) is 5.03. The van der Waals surface area contributed by atoms with Crippen LogP contribution in [0.5, 0.6) is 0 Å². The summed E-state index contributed by atoms with van der Waals surface area (Å²) in [7, 11) is 0. The molecule has 0 spiro atoms. The number of nitrogens with zero attached hydrogens (tertiary/aromatic N) is 3. The third-order valence-corrected chi connectivity index (χ3v) is 7.07. The molecule has 0 bridgehead atoms. The SMILES string of the molecule is CC1(C(=O)N2CCC[C@H](Cc3ccccn3)C2)CCN(CCc2ccccc2)CC1. The Kier molecular flexibility index (Phi) is 6.83. The van der Waals surface area contributed by atoms with Gasteiger partial charge < -0.3 is 9.80 Å². The molecule has 0 N–H and O–H groups in total. The quantitative estimate of drug-likeness (QED) is 0.722. The molecule has 1 aromatic heterocycles. The van der Waals surface area contributed by atoms with Crippen molar-refractivity contribution in [2.75, 3.05) is 32.7 Å². The van der Waals surface area contributed by atoms with E-state index < -0.39 is 0 Å². The van der Waals surface area contributed by atoms with E-state index in [0.717, 1.165) is 70.5 Å². The summed E-state index contributed by atoms with van der Waals surface area (Å²) in [5, 5.41) is 0. The predicted molar refractivity (Wildman–Crippen MR) is 121 cm³/mol. The van der Waals surface area contributed by atoms with Crippen LogP contribution in [0, 0.1) is 11.3 Å². The van der Waals surface area contributed by atoms with Crippen molar-refractivity contribution in [3.8, 4) is 0 Å². The molecule has 160 valence electrons. The van der Waals surface area contributed by atoms with Gasteiger partial charge in [-0.1, -0.05) is 43.3 Å². The van der Waals surface area contributed by atoms with Crippen molar-refractivity contribution in [3.63, 3.8) is 0 Å². The van der Waals surface area contributed by atoms with Crippen molar-refractivity contribution in [1.29, 1.82) is 0 Å². The Balaban J connectivity index is 1.27. The lowest BCUT2D eigenvalue weighted by molar-refractivity contribution is -0.146. The van der Waals surface area contributed by atoms with Crippen LogP contribution in [0.25, 0.3) is 0 Å². The zero-order chi connectivity index (χ0) is 20.8. The second kappa shape index (κ2) is 9.74. The Morgan fingerprint density at radius 1 is 1.07 bits per heavy atom. The predicted octanol–water partition coefficient (Wildman–Crippen LogP) is 4.21. The van der Waals surface area contributed by atoms with Crippen molar-refractivity contribution < 1.29 is 4.79 Å². The molecule has 2 fully saturated rings. The van der Waals surface area contributed by atoms with E-state index in [-0.39, 0.29) is 5.41 Å². The summed E-state index contributed by atoms with van der Waals surface area (Å²) in [6.45, 7) is 7.16. The van der Waals surface area contributed by atoms with E-state index in [1.54, 1.807) is 0 Å². The lowest BCUT2D eigenvalue weighted by atomic mass is 9.78. The average Bonchev–Trinajstić information content (AvgIpc) is 2.80. The van der Waals surface area contributed by atoms with Gasteiger partial charge in [-0.15, -0.1) is 0 Å². The molecule has 2 aliphatic heterocycles. The first-order chi connectivity index (χ1) is 14.6. The summed E-state index contributed by atoms with van der Waals surface area (Å²) in [6.07, 6.45) is 8.20. The summed E-state index contributed by atoms with van der Waals surface area (Å²) < 4.78 is 0. The maximum atomic E-state index is 13.5. The molecule has 1 amide bonds. The van der Waals surface area contributed by atoms with Crippen molar-refractivity contribution in [1.82, 2.24) is 14.8 Å². The van der Waals surface area contributed by atoms with Gasteiger partial charge in [0.1, 0.15) is 0 Å². The molecule has 4 nitrogen and oxygen atoms in total. The highest BCUT2D eigenvalue weighted by atomic mass is 16.2. The smallest absolute Gasteiger partial charge is 0.228 e. The maximum Gasteiger partial charge on any atom is 0.228 e. The van der Waals surface area contributed by atoms with Crippen molar-refractivity contribution in [2.45, 2.75) is 45.4 Å². The van der Waals surface area contributed by atoms with Crippen molar-refractivity contribution in [3.05, 3.63) is 66.0 Å². The number of carbonyl (C=O) groups excluding carboxylic acids is 1. The molecule has 2 saturated heterocycles. The molecule has 30 heavy (non-hydrogen) atoms. The number of piperidine rings is 2. The van der Waals surface area contributed by atoms with Gasteiger partial charge in [-0.3, -0.25) is 9.78 Å². The number of benzene rings is 1. The van der Waals surface area contributed by atoms with Crippen LogP contribution in [0.1, 0.15) is 43.9 Å². The normalized spacial score (nSPS) is 22.0. The number of pyridine rings is 1. The van der Waals surface area contributed by atoms with Crippen molar-refractivity contribution in [2.24, 2.45) is 11.3 Å². The molecule has 0 radical (unpaired) electrons. The first kappa shape index (κ1) is 21.0. The minimum atomic E-state index is -0.198. The number of amides is 1. The van der Waals surface area contributed by atoms with E-state index in [1.165, 1.54) is 12.0 Å². The van der Waals surface area contributed by atoms with Gasteiger partial charge in [0, 0.05) is 36.9 Å². The summed E-state index contributed by atoms with van der Waals surface area (Å²) >= 11 is 0. The van der Waals surface area contributed by atoms with Crippen LogP contribution >= 0.6 is 0 Å². The third-order valence-electron chi connectivity index (χ3n) is 7.07. The van der Waals surface area contributed by atoms with E-state index >= 15 is 0 Å². The Bertz CT molecular complexity index is 800. The summed E-state index contributed by atoms with van der Waals surface area (Å²) in [6, 6.07) is 16.8. The van der Waals surface area contributed by atoms with Gasteiger partial charge in [-0.05, 0) is 75.2 Å². The van der Waals surface area contributed by atoms with Gasteiger partial charge in [-0.25, -0.2) is 0 Å². The molecule has 4 heteroatoms. The first-order valence-corrected chi connectivity index (χ1v) is 11.6. The minimum absolute atomic E-state index is 0.198. The second-order valence-electron chi connectivity index (χ2n) is 9.42. The van der Waals surface area contributed by atoms with Crippen LogP contribution < -0.4 is 0 Å². The fraction of sp³-hybridized carbons (Fsp3) is 0.538. The highest BCUT2D eigenvalue weighted by molar-refractivity contribution is 5.82. The van der Waals surface area contributed by atoms with Crippen LogP contribution in [0.4, 0.5) is 0 Å². The van der Waals surface area contributed by atoms with Gasteiger partial charge in [-0.2, -0.15) is 0 Å². The monoisotopic (exact) mass is 405 g/mol. The fourth-order valence-corrected chi connectivity index (χ4v) is 5.03. The van der Waals surface area contributed by atoms with Crippen LogP contribution in [0.15, 0.2) is 54.7 Å². The highest BCUT2D eigenvalue weighted by Gasteiger charge is 2.40. The lowest BCUT2D eigenvalue weighted by Gasteiger charge is -2.43. The summed E-state index contributed by atoms with van der Waals surface area (Å²) in [5.41, 5.74) is 2.35. The van der Waals surface area contributed by atoms with E-state index in [1.807, 2.05) is 12.3 Å². The first-order valence-electron chi connectivity index (χ1n) is 11.6. The minimum Gasteiger partial charge on any atom is -0.342 e. The number of hydrogen-bond donors (Lipinski definition) is 0. The van der Waals surface area contributed by atoms with E-state index in [2.05, 4.69) is 64.2 Å². The Morgan fingerprint density at radius 3 is 2.57 bits per heavy atom. The Morgan fingerprint density at radius 2 is 1.83 bits per heavy atom. The summed E-state index contributed by atoms with van der Waals surface area (Å²) in [5.74, 6) is 0.920. The third kappa shape index (κ3) is 5.28. The molecule has 2 aromatic rings. The van der Waals surface area contributed by atoms with Gasteiger partial charge in [0.05, 0.1) is 0 Å². The van der Waals surface area contributed by atoms with Gasteiger partial charge >= 0.3 is 0 Å². The molecular formula is C26H35N3O. The standard InChI is InChI=1S/C26H35N3O/c1-26(13-18-28(19-14-26)17-12-22-8-3-2-4-9-22)25(30)29-16-7-10-23(21-29)20-24-11-5-6-15-27-24/h2-6,8-9,11,15,23H,7,10,12-14,16-21H2,1H3/t23-/m1/s1. The molecule has 0 unspecified atom stereocenters. The Hall–Kier alpha value is -2.20. The van der Waals surface area contributed by atoms with Crippen LogP contribution in [-0.4, -0.2) is 53.4 Å². The van der Waals surface area contributed by atoms with Gasteiger partial charge in [0.25, 0.3) is 0 Å². The zero-order valence-corrected chi connectivity index (χ0v) is 18.3. The van der Waals surface area contributed by atoms with E-state index in [4.69, 9.17) is 0 Å². The van der Waals surface area contributed by atoms with Crippen LogP contribution in [0.3, 0.4) is 0 Å². The second-order valence-corrected chi connectivity index (χ2v) is 9.42. The topological polar surface area (TPSA) is 36.4 Å². The maximum absolute atomic E-state index is 13.5.